The molecule has 0 amide bonds. The first-order valence-corrected chi connectivity index (χ1v) is 5.91. The van der Waals surface area contributed by atoms with E-state index in [9.17, 15) is 0 Å². The molecule has 0 fully saturated rings. The highest BCUT2D eigenvalue weighted by Crippen LogP contribution is 2.37. The summed E-state index contributed by atoms with van der Waals surface area (Å²) in [4.78, 5) is 4.47. The lowest BCUT2D eigenvalue weighted by atomic mass is 10.1. The molecule has 1 aromatic rings. The molecule has 0 atom stereocenters. The minimum absolute atomic E-state index is 1.13. The fourth-order valence-corrected chi connectivity index (χ4v) is 2.46. The zero-order valence-electron chi connectivity index (χ0n) is 9.53. The van der Waals surface area contributed by atoms with Gasteiger partial charge in [-0.15, -0.1) is 4.58 Å². The predicted octanol–water partition coefficient (Wildman–Crippen LogP) is 3.27. The van der Waals surface area contributed by atoms with Crippen LogP contribution in [0.2, 0.25) is 0 Å². The Kier molecular flexibility index (Phi) is 2.23. The van der Waals surface area contributed by atoms with Crippen molar-refractivity contribution in [2.75, 3.05) is 0 Å². The van der Waals surface area contributed by atoms with E-state index in [0.29, 0.717) is 0 Å². The average Bonchev–Trinajstić information content (AvgIpc) is 2.52. The molecule has 0 bridgehead atoms. The van der Waals surface area contributed by atoms with Crippen LogP contribution >= 0.6 is 0 Å². The van der Waals surface area contributed by atoms with E-state index in [2.05, 4.69) is 34.5 Å². The number of rotatable bonds is 0. The monoisotopic (exact) mass is 211 g/mol. The summed E-state index contributed by atoms with van der Waals surface area (Å²) in [5.74, 6) is 3.38. The van der Waals surface area contributed by atoms with Gasteiger partial charge in [-0.05, 0) is 32.3 Å². The van der Waals surface area contributed by atoms with Gasteiger partial charge in [0.1, 0.15) is 5.69 Å². The second kappa shape index (κ2) is 3.73. The van der Waals surface area contributed by atoms with Gasteiger partial charge in [0.05, 0.1) is 0 Å². The summed E-state index contributed by atoms with van der Waals surface area (Å²) in [7, 11) is 0. The topological polar surface area (TPSA) is 15.9 Å². The maximum absolute atomic E-state index is 4.47. The summed E-state index contributed by atoms with van der Waals surface area (Å²) in [6.07, 6.45) is 8.82. The highest BCUT2D eigenvalue weighted by Gasteiger charge is 2.32. The fraction of sp³-hybridized carbons (Fsp3) is 0.357. The van der Waals surface area contributed by atoms with Crippen molar-refractivity contribution in [1.82, 2.24) is 4.98 Å². The molecule has 3 heterocycles. The Morgan fingerprint density at radius 3 is 3.25 bits per heavy atom. The third-order valence-electron chi connectivity index (χ3n) is 3.32. The highest BCUT2D eigenvalue weighted by molar-refractivity contribution is 5.75. The van der Waals surface area contributed by atoms with E-state index >= 15 is 0 Å². The summed E-state index contributed by atoms with van der Waals surface area (Å²) in [6.45, 7) is 2.17. The minimum Gasteiger partial charge on any atom is -0.249 e. The van der Waals surface area contributed by atoms with E-state index in [4.69, 9.17) is 0 Å². The molecule has 16 heavy (non-hydrogen) atoms. The van der Waals surface area contributed by atoms with Crippen LogP contribution in [0.3, 0.4) is 0 Å². The van der Waals surface area contributed by atoms with Crippen LogP contribution in [0.4, 0.5) is 5.69 Å². The molecule has 0 N–H and O–H groups in total. The normalized spacial score (nSPS) is 18.7. The lowest BCUT2D eigenvalue weighted by molar-refractivity contribution is -0.374. The van der Waals surface area contributed by atoms with Crippen LogP contribution in [-0.2, 0) is 0 Å². The molecular weight excluding hydrogens is 196 g/mol. The summed E-state index contributed by atoms with van der Waals surface area (Å²) in [5.41, 5.74) is 5.01. The Labute approximate surface area is 95.6 Å². The van der Waals surface area contributed by atoms with Gasteiger partial charge in [-0.2, -0.15) is 0 Å². The van der Waals surface area contributed by atoms with Crippen molar-refractivity contribution < 1.29 is 4.58 Å². The first-order valence-electron chi connectivity index (χ1n) is 5.91. The van der Waals surface area contributed by atoms with Crippen molar-refractivity contribution in [3.05, 3.63) is 35.8 Å². The smallest absolute Gasteiger partial charge is 0.246 e. The van der Waals surface area contributed by atoms with E-state index in [1.165, 1.54) is 29.8 Å². The molecular formula is C14H15N2+. The summed E-state index contributed by atoms with van der Waals surface area (Å²) in [6, 6.07) is 4.12. The van der Waals surface area contributed by atoms with Crippen molar-refractivity contribution in [3.63, 3.8) is 0 Å². The van der Waals surface area contributed by atoms with Crippen LogP contribution in [-0.4, -0.2) is 15.4 Å². The summed E-state index contributed by atoms with van der Waals surface area (Å²) in [5, 5.41) is 0. The maximum Gasteiger partial charge on any atom is 0.246 e. The second-order valence-electron chi connectivity index (χ2n) is 4.36. The maximum atomic E-state index is 4.47. The Hall–Kier alpha value is -1.66. The van der Waals surface area contributed by atoms with Crippen molar-refractivity contribution in [2.24, 2.45) is 0 Å². The standard InChI is InChI=1S/C14H15N2/c1-11-12-7-4-2-3-5-10-16(12)13-8-6-9-15-14(11)13/h5-6,8-9H,2-4,7H2,1H3/q+1. The van der Waals surface area contributed by atoms with Gasteiger partial charge in [0.15, 0.2) is 5.87 Å². The van der Waals surface area contributed by atoms with Gasteiger partial charge < -0.3 is 0 Å². The quantitative estimate of drug-likeness (QED) is 0.601. The molecule has 0 radical (unpaired) electrons. The van der Waals surface area contributed by atoms with Gasteiger partial charge in [-0.3, -0.25) is 0 Å². The van der Waals surface area contributed by atoms with Gasteiger partial charge in [0, 0.05) is 30.3 Å². The Morgan fingerprint density at radius 1 is 1.38 bits per heavy atom. The molecule has 80 valence electrons. The Bertz CT molecular complexity index is 531. The molecule has 2 nitrogen and oxygen atoms in total. The zero-order chi connectivity index (χ0) is 11.0. The van der Waals surface area contributed by atoms with E-state index in [0.717, 1.165) is 18.5 Å². The van der Waals surface area contributed by atoms with E-state index in [1.807, 2.05) is 12.3 Å². The van der Waals surface area contributed by atoms with Gasteiger partial charge in [-0.25, -0.2) is 4.98 Å². The van der Waals surface area contributed by atoms with E-state index < -0.39 is 0 Å². The number of hydrogen-bond acceptors (Lipinski definition) is 1. The van der Waals surface area contributed by atoms with Crippen molar-refractivity contribution in [2.45, 2.75) is 32.6 Å². The SMILES string of the molecule is CC1=C2CCCCC=C=[N+]2c2cccnc21. The molecule has 1 aromatic heterocycles. The largest absolute Gasteiger partial charge is 0.249 e. The van der Waals surface area contributed by atoms with E-state index in [1.54, 1.807) is 0 Å². The van der Waals surface area contributed by atoms with Crippen LogP contribution < -0.4 is 0 Å². The lowest BCUT2D eigenvalue weighted by Gasteiger charge is -2.00. The number of nitrogens with zero attached hydrogens (tertiary/aromatic N) is 2. The fourth-order valence-electron chi connectivity index (χ4n) is 2.46. The van der Waals surface area contributed by atoms with Crippen LogP contribution in [0, 0.1) is 0 Å². The third kappa shape index (κ3) is 1.35. The molecule has 2 aliphatic heterocycles. The van der Waals surface area contributed by atoms with Crippen molar-refractivity contribution in [1.29, 1.82) is 0 Å². The van der Waals surface area contributed by atoms with Crippen molar-refractivity contribution in [3.8, 4) is 0 Å². The summed E-state index contributed by atoms with van der Waals surface area (Å²) < 4.78 is 2.19. The number of pyridine rings is 1. The highest BCUT2D eigenvalue weighted by atomic mass is 15.1. The molecule has 0 spiro atoms. The average molecular weight is 211 g/mol. The van der Waals surface area contributed by atoms with Gasteiger partial charge >= 0.3 is 0 Å². The number of fused-ring (bicyclic) bond motifs is 3. The zero-order valence-corrected chi connectivity index (χ0v) is 9.53. The molecule has 0 saturated carbocycles. The first-order chi connectivity index (χ1) is 7.88. The molecule has 0 saturated heterocycles. The van der Waals surface area contributed by atoms with E-state index in [-0.39, 0.29) is 0 Å². The molecule has 0 aromatic carbocycles. The molecule has 2 aliphatic rings. The predicted molar refractivity (Wildman–Crippen MR) is 64.8 cm³/mol. The van der Waals surface area contributed by atoms with Crippen LogP contribution in [0.25, 0.3) is 5.57 Å². The van der Waals surface area contributed by atoms with Crippen molar-refractivity contribution >= 4 is 17.1 Å². The van der Waals surface area contributed by atoms with Crippen LogP contribution in [0.1, 0.15) is 38.3 Å². The minimum atomic E-state index is 1.13. The van der Waals surface area contributed by atoms with Gasteiger partial charge in [-0.1, -0.05) is 0 Å². The number of hydrogen-bond donors (Lipinski definition) is 0. The number of allylic oxidation sites excluding steroid dienone is 3. The Morgan fingerprint density at radius 2 is 2.31 bits per heavy atom. The van der Waals surface area contributed by atoms with Gasteiger partial charge in [0.2, 0.25) is 11.4 Å². The lowest BCUT2D eigenvalue weighted by Crippen LogP contribution is -2.02. The molecule has 0 aliphatic carbocycles. The van der Waals surface area contributed by atoms with Crippen LogP contribution in [0.15, 0.2) is 30.1 Å². The first kappa shape index (κ1) is 9.56. The summed E-state index contributed by atoms with van der Waals surface area (Å²) >= 11 is 0. The van der Waals surface area contributed by atoms with Crippen LogP contribution in [0.5, 0.6) is 0 Å². The molecule has 2 heteroatoms. The molecule has 3 rings (SSSR count). The van der Waals surface area contributed by atoms with Gasteiger partial charge in [0.25, 0.3) is 0 Å². The number of aromatic nitrogens is 1. The third-order valence-corrected chi connectivity index (χ3v) is 3.32. The molecule has 0 unspecified atom stereocenters. The second-order valence-corrected chi connectivity index (χ2v) is 4.36. The Balaban J connectivity index is 2.26.